The highest BCUT2D eigenvalue weighted by molar-refractivity contribution is 7.14. The van der Waals surface area contributed by atoms with E-state index < -0.39 is 5.91 Å². The van der Waals surface area contributed by atoms with Gasteiger partial charge in [0, 0.05) is 22.5 Å². The summed E-state index contributed by atoms with van der Waals surface area (Å²) >= 11 is 2.61. The number of amides is 1. The number of aromatic nitrogens is 2. The van der Waals surface area contributed by atoms with Gasteiger partial charge >= 0.3 is 0 Å². The van der Waals surface area contributed by atoms with Crippen molar-refractivity contribution in [1.82, 2.24) is 9.97 Å². The smallest absolute Gasteiger partial charge is 0.268 e. The Morgan fingerprint density at radius 3 is 2.75 bits per heavy atom. The summed E-state index contributed by atoms with van der Waals surface area (Å²) in [6.45, 7) is 0. The van der Waals surface area contributed by atoms with Gasteiger partial charge in [-0.2, -0.15) is 5.26 Å². The minimum absolute atomic E-state index is 0.0684. The van der Waals surface area contributed by atoms with Crippen LogP contribution in [0.15, 0.2) is 46.8 Å². The number of carbonyl (C=O) groups is 1. The molecule has 1 amide bonds. The summed E-state index contributed by atoms with van der Waals surface area (Å²) < 4.78 is 13.0. The average Bonchev–Trinajstić information content (AvgIpc) is 3.25. The summed E-state index contributed by atoms with van der Waals surface area (Å²) in [5, 5.41) is 16.3. The molecule has 0 saturated heterocycles. The second-order valence-electron chi connectivity index (χ2n) is 4.55. The summed E-state index contributed by atoms with van der Waals surface area (Å²) in [5.41, 5.74) is 1.19. The third kappa shape index (κ3) is 3.71. The van der Waals surface area contributed by atoms with E-state index in [1.807, 2.05) is 6.07 Å². The third-order valence-corrected chi connectivity index (χ3v) is 4.52. The van der Waals surface area contributed by atoms with E-state index in [4.69, 9.17) is 0 Å². The molecule has 0 saturated carbocycles. The van der Waals surface area contributed by atoms with Crippen LogP contribution in [-0.2, 0) is 4.79 Å². The van der Waals surface area contributed by atoms with Crippen molar-refractivity contribution in [2.75, 3.05) is 5.32 Å². The molecule has 118 valence electrons. The Kier molecular flexibility index (Phi) is 4.74. The molecular weight excluding hydrogens is 347 g/mol. The van der Waals surface area contributed by atoms with E-state index in [1.165, 1.54) is 40.9 Å². The first-order chi connectivity index (χ1) is 11.7. The van der Waals surface area contributed by atoms with E-state index in [-0.39, 0.29) is 11.4 Å². The van der Waals surface area contributed by atoms with E-state index >= 15 is 0 Å². The van der Waals surface area contributed by atoms with Crippen molar-refractivity contribution in [3.63, 3.8) is 0 Å². The predicted octanol–water partition coefficient (Wildman–Crippen LogP) is 3.95. The molecule has 3 rings (SSSR count). The fourth-order valence-corrected chi connectivity index (χ4v) is 3.13. The van der Waals surface area contributed by atoms with Crippen LogP contribution in [-0.4, -0.2) is 15.9 Å². The van der Waals surface area contributed by atoms with Crippen LogP contribution in [0.4, 0.5) is 9.52 Å². The summed E-state index contributed by atoms with van der Waals surface area (Å²) in [6, 6.07) is 7.83. The van der Waals surface area contributed by atoms with Gasteiger partial charge in [0.25, 0.3) is 5.91 Å². The number of nitriles is 1. The molecule has 0 aliphatic heterocycles. The Morgan fingerprint density at radius 2 is 2.08 bits per heavy atom. The first kappa shape index (κ1) is 16.0. The fourth-order valence-electron chi connectivity index (χ4n) is 1.82. The van der Waals surface area contributed by atoms with E-state index in [1.54, 1.807) is 29.1 Å². The molecule has 8 heteroatoms. The second-order valence-corrected chi connectivity index (χ2v) is 6.30. The van der Waals surface area contributed by atoms with Gasteiger partial charge in [-0.15, -0.1) is 22.7 Å². The lowest BCUT2D eigenvalue weighted by Gasteiger charge is -1.98. The lowest BCUT2D eigenvalue weighted by Crippen LogP contribution is -2.13. The molecule has 1 N–H and O–H groups in total. The molecule has 5 nitrogen and oxygen atoms in total. The molecular formula is C16H9FN4OS2. The number of benzene rings is 1. The summed E-state index contributed by atoms with van der Waals surface area (Å²) in [6.07, 6.45) is 2.97. The number of halogens is 1. The van der Waals surface area contributed by atoms with Gasteiger partial charge in [0.15, 0.2) is 5.13 Å². The fraction of sp³-hybridized carbons (Fsp3) is 0. The first-order valence-electron chi connectivity index (χ1n) is 6.70. The largest absolute Gasteiger partial charge is 0.297 e. The van der Waals surface area contributed by atoms with Crippen LogP contribution in [0.2, 0.25) is 0 Å². The normalized spacial score (nSPS) is 11.1. The second kappa shape index (κ2) is 7.12. The zero-order chi connectivity index (χ0) is 16.9. The quantitative estimate of drug-likeness (QED) is 0.567. The highest BCUT2D eigenvalue weighted by Gasteiger charge is 2.12. The number of rotatable bonds is 4. The Balaban J connectivity index is 1.80. The minimum atomic E-state index is -0.538. The van der Waals surface area contributed by atoms with Gasteiger partial charge in [-0.25, -0.2) is 14.4 Å². The molecule has 0 radical (unpaired) electrons. The Hall–Kier alpha value is -2.89. The van der Waals surface area contributed by atoms with Crippen molar-refractivity contribution >= 4 is 39.8 Å². The first-order valence-corrected chi connectivity index (χ1v) is 8.46. The average molecular weight is 356 g/mol. The maximum absolute atomic E-state index is 13.0. The van der Waals surface area contributed by atoms with Crippen molar-refractivity contribution in [2.24, 2.45) is 0 Å². The number of hydrogen-bond acceptors (Lipinski definition) is 6. The monoisotopic (exact) mass is 356 g/mol. The molecule has 0 bridgehead atoms. The molecule has 0 unspecified atom stereocenters. The van der Waals surface area contributed by atoms with Gasteiger partial charge in [-0.1, -0.05) is 0 Å². The van der Waals surface area contributed by atoms with Crippen molar-refractivity contribution in [3.8, 4) is 16.6 Å². The molecule has 0 aliphatic carbocycles. The Morgan fingerprint density at radius 1 is 1.29 bits per heavy atom. The van der Waals surface area contributed by atoms with Crippen LogP contribution >= 0.6 is 22.7 Å². The maximum atomic E-state index is 13.0. The molecule has 24 heavy (non-hydrogen) atoms. The minimum Gasteiger partial charge on any atom is -0.297 e. The number of carbonyl (C=O) groups excluding carboxylic acids is 1. The van der Waals surface area contributed by atoms with Crippen LogP contribution in [0, 0.1) is 17.1 Å². The van der Waals surface area contributed by atoms with Gasteiger partial charge in [0.05, 0.1) is 5.69 Å². The van der Waals surface area contributed by atoms with Gasteiger partial charge in [-0.3, -0.25) is 10.1 Å². The SMILES string of the molecule is N#C/C(=C\c1csc(-c2ccc(F)cc2)n1)C(=O)Nc1nccs1. The Labute approximate surface area is 144 Å². The molecule has 0 atom stereocenters. The molecule has 0 fully saturated rings. The van der Waals surface area contributed by atoms with Crippen LogP contribution in [0.5, 0.6) is 0 Å². The van der Waals surface area contributed by atoms with Crippen molar-refractivity contribution < 1.29 is 9.18 Å². The maximum Gasteiger partial charge on any atom is 0.268 e. The van der Waals surface area contributed by atoms with Crippen LogP contribution in [0.1, 0.15) is 5.69 Å². The standard InChI is InChI=1S/C16H9FN4OS2/c17-12-3-1-10(2-4-12)15-20-13(9-24-15)7-11(8-18)14(22)21-16-19-5-6-23-16/h1-7,9H,(H,19,21,22)/b11-7+. The summed E-state index contributed by atoms with van der Waals surface area (Å²) in [5.74, 6) is -0.857. The highest BCUT2D eigenvalue weighted by Crippen LogP contribution is 2.25. The van der Waals surface area contributed by atoms with E-state index in [0.717, 1.165) is 5.56 Å². The summed E-state index contributed by atoms with van der Waals surface area (Å²) in [7, 11) is 0. The van der Waals surface area contributed by atoms with E-state index in [2.05, 4.69) is 15.3 Å². The van der Waals surface area contributed by atoms with Gasteiger partial charge in [-0.05, 0) is 30.3 Å². The van der Waals surface area contributed by atoms with Crippen molar-refractivity contribution in [3.05, 3.63) is 58.3 Å². The summed E-state index contributed by atoms with van der Waals surface area (Å²) in [4.78, 5) is 20.3. The predicted molar refractivity (Wildman–Crippen MR) is 91.8 cm³/mol. The van der Waals surface area contributed by atoms with Crippen molar-refractivity contribution in [1.29, 1.82) is 5.26 Å². The Bertz CT molecular complexity index is 924. The lowest BCUT2D eigenvalue weighted by molar-refractivity contribution is -0.112. The van der Waals surface area contributed by atoms with E-state index in [9.17, 15) is 14.4 Å². The number of nitrogens with zero attached hydrogens (tertiary/aromatic N) is 3. The molecule has 0 spiro atoms. The van der Waals surface area contributed by atoms with Crippen LogP contribution in [0.25, 0.3) is 16.6 Å². The highest BCUT2D eigenvalue weighted by atomic mass is 32.1. The van der Waals surface area contributed by atoms with Crippen molar-refractivity contribution in [2.45, 2.75) is 0 Å². The molecule has 0 aliphatic rings. The van der Waals surface area contributed by atoms with Gasteiger partial charge in [0.2, 0.25) is 0 Å². The lowest BCUT2D eigenvalue weighted by atomic mass is 10.2. The molecule has 1 aromatic carbocycles. The van der Waals surface area contributed by atoms with E-state index in [0.29, 0.717) is 15.8 Å². The number of thiazole rings is 2. The zero-order valence-electron chi connectivity index (χ0n) is 12.1. The third-order valence-electron chi connectivity index (χ3n) is 2.92. The van der Waals surface area contributed by atoms with Gasteiger partial charge < -0.3 is 0 Å². The molecule has 3 aromatic rings. The number of hydrogen-bond donors (Lipinski definition) is 1. The van der Waals surface area contributed by atoms with Crippen LogP contribution in [0.3, 0.4) is 0 Å². The van der Waals surface area contributed by atoms with Gasteiger partial charge in [0.1, 0.15) is 22.5 Å². The zero-order valence-corrected chi connectivity index (χ0v) is 13.7. The number of nitrogens with one attached hydrogen (secondary N) is 1. The topological polar surface area (TPSA) is 78.7 Å². The number of anilines is 1. The molecule has 2 aromatic heterocycles. The van der Waals surface area contributed by atoms with Crippen LogP contribution < -0.4 is 5.32 Å². The molecule has 2 heterocycles.